The van der Waals surface area contributed by atoms with Gasteiger partial charge in [0.05, 0.1) is 13.2 Å². The van der Waals surface area contributed by atoms with Gasteiger partial charge in [-0.1, -0.05) is 31.0 Å². The molecule has 2 fully saturated rings. The van der Waals surface area contributed by atoms with Crippen molar-refractivity contribution in [1.29, 1.82) is 0 Å². The average Bonchev–Trinajstić information content (AvgIpc) is 3.03. The molecular formula is C19H25N3O2. The highest BCUT2D eigenvalue weighted by Crippen LogP contribution is 2.38. The molecule has 0 unspecified atom stereocenters. The summed E-state index contributed by atoms with van der Waals surface area (Å²) in [6.45, 7) is 1.92. The number of hydrogen-bond acceptors (Lipinski definition) is 5. The highest BCUT2D eigenvalue weighted by Gasteiger charge is 2.31. The monoisotopic (exact) mass is 327 g/mol. The van der Waals surface area contributed by atoms with E-state index in [1.807, 2.05) is 12.1 Å². The first-order valence-electron chi connectivity index (χ1n) is 9.04. The predicted molar refractivity (Wildman–Crippen MR) is 90.9 cm³/mol. The van der Waals surface area contributed by atoms with Crippen molar-refractivity contribution >= 4 is 0 Å². The normalized spacial score (nSPS) is 22.3. The second-order valence-corrected chi connectivity index (χ2v) is 6.90. The molecule has 2 heterocycles. The standard InChI is InChI=1S/C19H25N3O2/c1-23-17-11-3-2-7-15(17)13-22-12-5-4-10-16(22)19-21-20-18(24-19)14-8-6-9-14/h2-3,7,11,14,16H,4-6,8-10,12-13H2,1H3/t16-/m0/s1. The van der Waals surface area contributed by atoms with Crippen molar-refractivity contribution in [3.8, 4) is 5.75 Å². The Morgan fingerprint density at radius 3 is 2.71 bits per heavy atom. The molecule has 5 heteroatoms. The summed E-state index contributed by atoms with van der Waals surface area (Å²) < 4.78 is 11.6. The van der Waals surface area contributed by atoms with Gasteiger partial charge in [0.2, 0.25) is 11.8 Å². The van der Waals surface area contributed by atoms with E-state index < -0.39 is 0 Å². The van der Waals surface area contributed by atoms with E-state index in [0.717, 1.165) is 37.0 Å². The largest absolute Gasteiger partial charge is 0.496 e. The van der Waals surface area contributed by atoms with Gasteiger partial charge in [-0.2, -0.15) is 0 Å². The van der Waals surface area contributed by atoms with Gasteiger partial charge in [-0.25, -0.2) is 0 Å². The maximum Gasteiger partial charge on any atom is 0.233 e. The van der Waals surface area contributed by atoms with Crippen molar-refractivity contribution < 1.29 is 9.15 Å². The van der Waals surface area contributed by atoms with Crippen molar-refractivity contribution in [3.05, 3.63) is 41.6 Å². The van der Waals surface area contributed by atoms with Crippen molar-refractivity contribution in [2.45, 2.75) is 57.0 Å². The lowest BCUT2D eigenvalue weighted by atomic mass is 9.85. The number of methoxy groups -OCH3 is 1. The first-order valence-corrected chi connectivity index (χ1v) is 9.04. The Labute approximate surface area is 143 Å². The Balaban J connectivity index is 1.53. The third-order valence-corrected chi connectivity index (χ3v) is 5.38. The van der Waals surface area contributed by atoms with Gasteiger partial charge in [-0.05, 0) is 38.3 Å². The third-order valence-electron chi connectivity index (χ3n) is 5.38. The average molecular weight is 327 g/mol. The van der Waals surface area contributed by atoms with Gasteiger partial charge in [0, 0.05) is 18.0 Å². The molecule has 1 atom stereocenters. The summed E-state index contributed by atoms with van der Waals surface area (Å²) in [7, 11) is 1.73. The van der Waals surface area contributed by atoms with Crippen LogP contribution < -0.4 is 4.74 Å². The SMILES string of the molecule is COc1ccccc1CN1CCCC[C@H]1c1nnc(C2CCC2)o1. The Kier molecular flexibility index (Phi) is 4.52. The van der Waals surface area contributed by atoms with E-state index in [2.05, 4.69) is 27.2 Å². The predicted octanol–water partition coefficient (Wildman–Crippen LogP) is 4.07. The van der Waals surface area contributed by atoms with Crippen LogP contribution in [0.2, 0.25) is 0 Å². The summed E-state index contributed by atoms with van der Waals surface area (Å²) in [4.78, 5) is 2.46. The zero-order valence-electron chi connectivity index (χ0n) is 14.3. The lowest BCUT2D eigenvalue weighted by molar-refractivity contribution is 0.114. The first kappa shape index (κ1) is 15.6. The van der Waals surface area contributed by atoms with Crippen LogP contribution in [0, 0.1) is 0 Å². The second kappa shape index (κ2) is 6.93. The van der Waals surface area contributed by atoms with E-state index in [-0.39, 0.29) is 6.04 Å². The topological polar surface area (TPSA) is 51.4 Å². The molecule has 1 aromatic heterocycles. The fourth-order valence-corrected chi connectivity index (χ4v) is 3.71. The highest BCUT2D eigenvalue weighted by molar-refractivity contribution is 5.33. The van der Waals surface area contributed by atoms with E-state index >= 15 is 0 Å². The fraction of sp³-hybridized carbons (Fsp3) is 0.579. The Bertz CT molecular complexity index is 681. The lowest BCUT2D eigenvalue weighted by Gasteiger charge is -2.33. The van der Waals surface area contributed by atoms with Crippen LogP contribution in [0.25, 0.3) is 0 Å². The van der Waals surface area contributed by atoms with Crippen molar-refractivity contribution in [2.75, 3.05) is 13.7 Å². The maximum absolute atomic E-state index is 6.06. The van der Waals surface area contributed by atoms with Crippen molar-refractivity contribution in [2.24, 2.45) is 0 Å². The lowest BCUT2D eigenvalue weighted by Crippen LogP contribution is -2.33. The van der Waals surface area contributed by atoms with E-state index in [9.17, 15) is 0 Å². The Morgan fingerprint density at radius 1 is 1.08 bits per heavy atom. The van der Waals surface area contributed by atoms with Gasteiger partial charge in [0.25, 0.3) is 0 Å². The molecule has 1 saturated carbocycles. The van der Waals surface area contributed by atoms with Crippen LogP contribution in [0.3, 0.4) is 0 Å². The Hall–Kier alpha value is -1.88. The molecule has 5 nitrogen and oxygen atoms in total. The smallest absolute Gasteiger partial charge is 0.233 e. The zero-order valence-corrected chi connectivity index (χ0v) is 14.3. The number of benzene rings is 1. The molecule has 1 aliphatic heterocycles. The second-order valence-electron chi connectivity index (χ2n) is 6.90. The van der Waals surface area contributed by atoms with Crippen molar-refractivity contribution in [3.63, 3.8) is 0 Å². The van der Waals surface area contributed by atoms with Gasteiger partial charge in [0.1, 0.15) is 5.75 Å². The van der Waals surface area contributed by atoms with E-state index in [1.165, 1.54) is 37.7 Å². The highest BCUT2D eigenvalue weighted by atomic mass is 16.5. The van der Waals surface area contributed by atoms with Gasteiger partial charge in [0.15, 0.2) is 0 Å². The summed E-state index contributed by atoms with van der Waals surface area (Å²) in [5.41, 5.74) is 1.21. The van der Waals surface area contributed by atoms with E-state index in [4.69, 9.17) is 9.15 Å². The number of nitrogens with zero attached hydrogens (tertiary/aromatic N) is 3. The molecule has 128 valence electrons. The van der Waals surface area contributed by atoms with Crippen LogP contribution in [0.4, 0.5) is 0 Å². The molecule has 2 aliphatic rings. The maximum atomic E-state index is 6.06. The van der Waals surface area contributed by atoms with Gasteiger partial charge in [-0.3, -0.25) is 4.90 Å². The summed E-state index contributed by atoms with van der Waals surface area (Å²) >= 11 is 0. The molecule has 24 heavy (non-hydrogen) atoms. The summed E-state index contributed by atoms with van der Waals surface area (Å²) in [6.07, 6.45) is 7.19. The molecule has 4 rings (SSSR count). The number of rotatable bonds is 5. The molecular weight excluding hydrogens is 302 g/mol. The number of hydrogen-bond donors (Lipinski definition) is 0. The van der Waals surface area contributed by atoms with E-state index in [0.29, 0.717) is 5.92 Å². The van der Waals surface area contributed by atoms with Gasteiger partial charge >= 0.3 is 0 Å². The van der Waals surface area contributed by atoms with Crippen LogP contribution in [0.5, 0.6) is 5.75 Å². The van der Waals surface area contributed by atoms with Gasteiger partial charge < -0.3 is 9.15 Å². The number of aromatic nitrogens is 2. The summed E-state index contributed by atoms with van der Waals surface area (Å²) in [5, 5.41) is 8.71. The van der Waals surface area contributed by atoms with Crippen LogP contribution in [-0.4, -0.2) is 28.8 Å². The molecule has 1 aromatic carbocycles. The van der Waals surface area contributed by atoms with Crippen LogP contribution in [0.1, 0.15) is 67.8 Å². The molecule has 1 aliphatic carbocycles. The summed E-state index contributed by atoms with van der Waals surface area (Å²) in [5.74, 6) is 3.09. The number of ether oxygens (including phenoxy) is 1. The zero-order chi connectivity index (χ0) is 16.4. The molecule has 0 radical (unpaired) electrons. The van der Waals surface area contributed by atoms with Crippen LogP contribution in [0.15, 0.2) is 28.7 Å². The van der Waals surface area contributed by atoms with Gasteiger partial charge in [-0.15, -0.1) is 10.2 Å². The number of para-hydroxylation sites is 1. The third kappa shape index (κ3) is 3.05. The molecule has 0 spiro atoms. The fourth-order valence-electron chi connectivity index (χ4n) is 3.71. The minimum absolute atomic E-state index is 0.227. The van der Waals surface area contributed by atoms with Crippen LogP contribution >= 0.6 is 0 Å². The minimum Gasteiger partial charge on any atom is -0.496 e. The first-order chi connectivity index (χ1) is 11.8. The summed E-state index contributed by atoms with van der Waals surface area (Å²) in [6, 6.07) is 8.47. The molecule has 0 N–H and O–H groups in total. The van der Waals surface area contributed by atoms with Crippen molar-refractivity contribution in [1.82, 2.24) is 15.1 Å². The molecule has 2 aromatic rings. The van der Waals surface area contributed by atoms with Crippen LogP contribution in [-0.2, 0) is 6.54 Å². The molecule has 0 amide bonds. The molecule has 0 bridgehead atoms. The molecule has 1 saturated heterocycles. The quantitative estimate of drug-likeness (QED) is 0.828. The number of piperidine rings is 1. The number of likely N-dealkylation sites (tertiary alicyclic amines) is 1. The minimum atomic E-state index is 0.227. The van der Waals surface area contributed by atoms with E-state index in [1.54, 1.807) is 7.11 Å². The Morgan fingerprint density at radius 2 is 1.92 bits per heavy atom.